The van der Waals surface area contributed by atoms with Crippen LogP contribution in [0.4, 0.5) is 0 Å². The van der Waals surface area contributed by atoms with Crippen LogP contribution >= 0.6 is 0 Å². The minimum atomic E-state index is -3.15. The quantitative estimate of drug-likeness (QED) is 0.481. The topological polar surface area (TPSA) is 76.7 Å². The lowest BCUT2D eigenvalue weighted by atomic mass is 10.5. The minimum absolute atomic E-state index is 0.171. The molecule has 1 rings (SSSR count). The molecule has 6 nitrogen and oxygen atoms in total. The average Bonchev–Trinajstić information content (AvgIpc) is 3.13. The van der Waals surface area contributed by atoms with Gasteiger partial charge in [0.25, 0.3) is 0 Å². The monoisotopic (exact) mass is 280 g/mol. The minimum Gasteiger partial charge on any atom is -0.382 e. The Morgan fingerprint density at radius 1 is 1.17 bits per heavy atom. The van der Waals surface area contributed by atoms with Crippen LogP contribution in [-0.2, 0) is 19.5 Å². The Balaban J connectivity index is 1.93. The predicted molar refractivity (Wildman–Crippen MR) is 70.1 cm³/mol. The highest BCUT2D eigenvalue weighted by atomic mass is 32.2. The summed E-state index contributed by atoms with van der Waals surface area (Å²) in [7, 11) is -1.55. The highest BCUT2D eigenvalue weighted by Gasteiger charge is 2.20. The average molecular weight is 280 g/mol. The van der Waals surface area contributed by atoms with Crippen molar-refractivity contribution in [1.29, 1.82) is 0 Å². The fourth-order valence-corrected chi connectivity index (χ4v) is 2.50. The number of methoxy groups -OCH3 is 1. The van der Waals surface area contributed by atoms with Crippen molar-refractivity contribution >= 4 is 10.0 Å². The fraction of sp³-hybridized carbons (Fsp3) is 1.00. The van der Waals surface area contributed by atoms with Gasteiger partial charge in [0.05, 0.1) is 25.6 Å². The van der Waals surface area contributed by atoms with Crippen molar-refractivity contribution in [3.05, 3.63) is 0 Å². The summed E-state index contributed by atoms with van der Waals surface area (Å²) in [5.41, 5.74) is 0. The van der Waals surface area contributed by atoms with Gasteiger partial charge in [0.1, 0.15) is 0 Å². The van der Waals surface area contributed by atoms with Gasteiger partial charge in [-0.2, -0.15) is 0 Å². The standard InChI is InChI=1S/C11H24N2O4S/c1-16-8-9-17-7-6-13-18(14,15)10-2-5-12-11-3-4-11/h11-13H,2-10H2,1H3. The van der Waals surface area contributed by atoms with E-state index in [2.05, 4.69) is 10.0 Å². The fourth-order valence-electron chi connectivity index (χ4n) is 1.44. The van der Waals surface area contributed by atoms with E-state index in [1.807, 2.05) is 0 Å². The molecule has 18 heavy (non-hydrogen) atoms. The summed E-state index contributed by atoms with van der Waals surface area (Å²) in [6.45, 7) is 2.49. The molecule has 1 aliphatic rings. The van der Waals surface area contributed by atoms with Crippen molar-refractivity contribution in [3.8, 4) is 0 Å². The highest BCUT2D eigenvalue weighted by molar-refractivity contribution is 7.89. The third kappa shape index (κ3) is 8.82. The molecular formula is C11H24N2O4S. The van der Waals surface area contributed by atoms with Crippen molar-refractivity contribution < 1.29 is 17.9 Å². The van der Waals surface area contributed by atoms with E-state index < -0.39 is 10.0 Å². The van der Waals surface area contributed by atoms with Gasteiger partial charge in [0.15, 0.2) is 0 Å². The van der Waals surface area contributed by atoms with E-state index in [4.69, 9.17) is 9.47 Å². The second-order valence-corrected chi connectivity index (χ2v) is 6.33. The van der Waals surface area contributed by atoms with E-state index >= 15 is 0 Å². The van der Waals surface area contributed by atoms with Crippen LogP contribution in [0.15, 0.2) is 0 Å². The van der Waals surface area contributed by atoms with Crippen LogP contribution in [0.1, 0.15) is 19.3 Å². The van der Waals surface area contributed by atoms with E-state index in [1.54, 1.807) is 7.11 Å². The van der Waals surface area contributed by atoms with E-state index in [9.17, 15) is 8.42 Å². The highest BCUT2D eigenvalue weighted by Crippen LogP contribution is 2.18. The maximum Gasteiger partial charge on any atom is 0.211 e. The first-order valence-corrected chi connectivity index (χ1v) is 8.06. The lowest BCUT2D eigenvalue weighted by molar-refractivity contribution is 0.0736. The number of ether oxygens (including phenoxy) is 2. The molecule has 0 aromatic carbocycles. The van der Waals surface area contributed by atoms with Gasteiger partial charge in [-0.3, -0.25) is 0 Å². The van der Waals surface area contributed by atoms with Gasteiger partial charge in [-0.1, -0.05) is 0 Å². The molecule has 0 aromatic rings. The summed E-state index contributed by atoms with van der Waals surface area (Å²) < 4.78 is 35.6. The van der Waals surface area contributed by atoms with E-state index in [-0.39, 0.29) is 5.75 Å². The molecule has 0 heterocycles. The smallest absolute Gasteiger partial charge is 0.211 e. The van der Waals surface area contributed by atoms with Crippen LogP contribution in [-0.4, -0.2) is 60.2 Å². The van der Waals surface area contributed by atoms with Gasteiger partial charge in [-0.15, -0.1) is 0 Å². The molecule has 108 valence electrons. The number of sulfonamides is 1. The van der Waals surface area contributed by atoms with Crippen molar-refractivity contribution in [2.24, 2.45) is 0 Å². The molecule has 7 heteroatoms. The van der Waals surface area contributed by atoms with Gasteiger partial charge >= 0.3 is 0 Å². The summed E-state index contributed by atoms with van der Waals surface area (Å²) in [5, 5.41) is 3.29. The molecular weight excluding hydrogens is 256 g/mol. The first kappa shape index (κ1) is 15.8. The largest absolute Gasteiger partial charge is 0.382 e. The molecule has 0 unspecified atom stereocenters. The zero-order chi connectivity index (χ0) is 13.3. The third-order valence-corrected chi connectivity index (χ3v) is 4.07. The van der Waals surface area contributed by atoms with Crippen LogP contribution in [0, 0.1) is 0 Å². The van der Waals surface area contributed by atoms with Gasteiger partial charge in [0, 0.05) is 19.7 Å². The Bertz CT molecular complexity index is 304. The molecule has 0 aliphatic heterocycles. The van der Waals surface area contributed by atoms with E-state index in [1.165, 1.54) is 12.8 Å². The number of rotatable bonds is 12. The lowest BCUT2D eigenvalue weighted by Gasteiger charge is -2.07. The first-order valence-electron chi connectivity index (χ1n) is 6.41. The van der Waals surface area contributed by atoms with E-state index in [0.717, 1.165) is 6.54 Å². The molecule has 0 saturated heterocycles. The Hall–Kier alpha value is -0.210. The zero-order valence-corrected chi connectivity index (χ0v) is 11.8. The summed E-state index contributed by atoms with van der Waals surface area (Å²) in [5.74, 6) is 0.171. The molecule has 0 atom stereocenters. The third-order valence-electron chi connectivity index (χ3n) is 2.60. The molecule has 0 spiro atoms. The SMILES string of the molecule is COCCOCCNS(=O)(=O)CCCNC1CC1. The van der Waals surface area contributed by atoms with Crippen LogP contribution in [0.5, 0.6) is 0 Å². The lowest BCUT2D eigenvalue weighted by Crippen LogP contribution is -2.31. The number of hydrogen-bond acceptors (Lipinski definition) is 5. The zero-order valence-electron chi connectivity index (χ0n) is 11.0. The maximum absolute atomic E-state index is 11.6. The molecule has 0 aromatic heterocycles. The molecule has 1 fully saturated rings. The molecule has 1 saturated carbocycles. The molecule has 1 aliphatic carbocycles. The van der Waals surface area contributed by atoms with Crippen LogP contribution < -0.4 is 10.0 Å². The first-order chi connectivity index (χ1) is 8.64. The van der Waals surface area contributed by atoms with Gasteiger partial charge in [0.2, 0.25) is 10.0 Å². The van der Waals surface area contributed by atoms with Crippen molar-refractivity contribution in [2.45, 2.75) is 25.3 Å². The second-order valence-electron chi connectivity index (χ2n) is 4.40. The van der Waals surface area contributed by atoms with Crippen molar-refractivity contribution in [1.82, 2.24) is 10.0 Å². The van der Waals surface area contributed by atoms with Gasteiger partial charge < -0.3 is 14.8 Å². The molecule has 2 N–H and O–H groups in total. The Morgan fingerprint density at radius 2 is 1.94 bits per heavy atom. The number of nitrogens with one attached hydrogen (secondary N) is 2. The molecule has 0 amide bonds. The summed E-state index contributed by atoms with van der Waals surface area (Å²) >= 11 is 0. The van der Waals surface area contributed by atoms with Gasteiger partial charge in [-0.25, -0.2) is 13.1 Å². The summed E-state index contributed by atoms with van der Waals surface area (Å²) in [6, 6.07) is 0.634. The number of hydrogen-bond donors (Lipinski definition) is 2. The van der Waals surface area contributed by atoms with Crippen LogP contribution in [0.3, 0.4) is 0 Å². The van der Waals surface area contributed by atoms with Crippen molar-refractivity contribution in [2.75, 3.05) is 45.8 Å². The summed E-state index contributed by atoms with van der Waals surface area (Å²) in [6.07, 6.45) is 3.10. The Morgan fingerprint density at radius 3 is 2.61 bits per heavy atom. The van der Waals surface area contributed by atoms with Crippen molar-refractivity contribution in [3.63, 3.8) is 0 Å². The maximum atomic E-state index is 11.6. The van der Waals surface area contributed by atoms with Gasteiger partial charge in [-0.05, 0) is 25.8 Å². The van der Waals surface area contributed by atoms with E-state index in [0.29, 0.717) is 38.8 Å². The molecule has 0 radical (unpaired) electrons. The summed E-state index contributed by atoms with van der Waals surface area (Å²) in [4.78, 5) is 0. The Kier molecular flexibility index (Phi) is 7.76. The second kappa shape index (κ2) is 8.82. The van der Waals surface area contributed by atoms with Crippen LogP contribution in [0.25, 0.3) is 0 Å². The Labute approximate surface area is 109 Å². The molecule has 0 bridgehead atoms. The van der Waals surface area contributed by atoms with Crippen LogP contribution in [0.2, 0.25) is 0 Å². The predicted octanol–water partition coefficient (Wildman–Crippen LogP) is -0.289. The normalized spacial score (nSPS) is 16.1.